The van der Waals surface area contributed by atoms with Crippen LogP contribution >= 0.6 is 15.9 Å². The molecule has 2 aromatic rings. The first kappa shape index (κ1) is 14.2. The van der Waals surface area contributed by atoms with Gasteiger partial charge in [-0.25, -0.2) is 8.78 Å². The van der Waals surface area contributed by atoms with Crippen molar-refractivity contribution >= 4 is 15.9 Å². The summed E-state index contributed by atoms with van der Waals surface area (Å²) in [7, 11) is 0. The number of aliphatic hydroxyl groups is 1. The maximum Gasteiger partial charge on any atom is 0.135 e. The van der Waals surface area contributed by atoms with Gasteiger partial charge in [-0.15, -0.1) is 0 Å². The van der Waals surface area contributed by atoms with Crippen LogP contribution in [0.2, 0.25) is 0 Å². The number of benzene rings is 2. The van der Waals surface area contributed by atoms with Gasteiger partial charge in [0.25, 0.3) is 0 Å². The summed E-state index contributed by atoms with van der Waals surface area (Å²) in [5.74, 6) is -1.48. The van der Waals surface area contributed by atoms with Gasteiger partial charge in [-0.05, 0) is 31.5 Å². The van der Waals surface area contributed by atoms with E-state index in [4.69, 9.17) is 0 Å². The molecule has 2 rings (SSSR count). The first-order valence-electron chi connectivity index (χ1n) is 5.78. The van der Waals surface area contributed by atoms with E-state index in [1.807, 2.05) is 0 Å². The van der Waals surface area contributed by atoms with Crippen LogP contribution in [0.25, 0.3) is 0 Å². The summed E-state index contributed by atoms with van der Waals surface area (Å²) in [5, 5.41) is 10.6. The van der Waals surface area contributed by atoms with Gasteiger partial charge < -0.3 is 5.11 Å². The molecule has 1 unspecified atom stereocenters. The molecule has 1 N–H and O–H groups in total. The minimum Gasteiger partial charge on any atom is -0.380 e. The second kappa shape index (κ2) is 5.02. The smallest absolute Gasteiger partial charge is 0.135 e. The first-order valence-corrected chi connectivity index (χ1v) is 6.57. The topological polar surface area (TPSA) is 20.2 Å². The second-order valence-corrected chi connectivity index (χ2v) is 5.46. The van der Waals surface area contributed by atoms with Crippen molar-refractivity contribution < 1.29 is 13.9 Å². The van der Waals surface area contributed by atoms with Gasteiger partial charge in [-0.1, -0.05) is 40.2 Å². The molecule has 0 aromatic heterocycles. The summed E-state index contributed by atoms with van der Waals surface area (Å²) in [5.41, 5.74) is -1.37. The van der Waals surface area contributed by atoms with Crippen LogP contribution in [0.15, 0.2) is 40.9 Å². The summed E-state index contributed by atoms with van der Waals surface area (Å²) in [6, 6.07) is 9.34. The van der Waals surface area contributed by atoms with Gasteiger partial charge in [0, 0.05) is 10.0 Å². The SMILES string of the molecule is Cc1ccc(F)c(C(C)(O)c2ccccc2Br)c1F. The molecule has 1 nitrogen and oxygen atoms in total. The quantitative estimate of drug-likeness (QED) is 0.872. The van der Waals surface area contributed by atoms with Crippen molar-refractivity contribution in [3.05, 3.63) is 69.2 Å². The zero-order chi connectivity index (χ0) is 14.2. The molecule has 0 aliphatic rings. The molecule has 0 bridgehead atoms. The summed E-state index contributed by atoms with van der Waals surface area (Å²) in [6.45, 7) is 2.92. The highest BCUT2D eigenvalue weighted by molar-refractivity contribution is 9.10. The van der Waals surface area contributed by atoms with Gasteiger partial charge in [-0.3, -0.25) is 0 Å². The van der Waals surface area contributed by atoms with E-state index in [1.165, 1.54) is 26.0 Å². The van der Waals surface area contributed by atoms with Crippen LogP contribution in [0.5, 0.6) is 0 Å². The Morgan fingerprint density at radius 2 is 1.74 bits per heavy atom. The molecule has 0 saturated heterocycles. The van der Waals surface area contributed by atoms with Gasteiger partial charge in [-0.2, -0.15) is 0 Å². The monoisotopic (exact) mass is 326 g/mol. The highest BCUT2D eigenvalue weighted by atomic mass is 79.9. The fourth-order valence-corrected chi connectivity index (χ4v) is 2.76. The van der Waals surface area contributed by atoms with Crippen molar-refractivity contribution in [3.8, 4) is 0 Å². The minimum absolute atomic E-state index is 0.295. The van der Waals surface area contributed by atoms with Crippen molar-refractivity contribution in [1.82, 2.24) is 0 Å². The van der Waals surface area contributed by atoms with Crippen LogP contribution in [0.3, 0.4) is 0 Å². The molecule has 4 heteroatoms. The van der Waals surface area contributed by atoms with E-state index >= 15 is 0 Å². The average molecular weight is 327 g/mol. The number of aryl methyl sites for hydroxylation is 1. The molecule has 0 aliphatic heterocycles. The third kappa shape index (κ3) is 2.42. The fraction of sp³-hybridized carbons (Fsp3) is 0.200. The maximum atomic E-state index is 14.2. The molecule has 0 heterocycles. The first-order chi connectivity index (χ1) is 8.85. The van der Waals surface area contributed by atoms with E-state index in [0.29, 0.717) is 15.6 Å². The number of halogens is 3. The Kier molecular flexibility index (Phi) is 3.74. The Balaban J connectivity index is 2.70. The third-order valence-corrected chi connectivity index (χ3v) is 3.86. The normalized spacial score (nSPS) is 14.2. The lowest BCUT2D eigenvalue weighted by molar-refractivity contribution is 0.0925. The third-order valence-electron chi connectivity index (χ3n) is 3.17. The standard InChI is InChI=1S/C15H13BrF2O/c1-9-7-8-12(17)13(14(9)18)15(2,19)10-5-3-4-6-11(10)16/h3-8,19H,1-2H3. The van der Waals surface area contributed by atoms with Gasteiger partial charge in [0.2, 0.25) is 0 Å². The Bertz CT molecular complexity index is 624. The van der Waals surface area contributed by atoms with Crippen LogP contribution < -0.4 is 0 Å². The lowest BCUT2D eigenvalue weighted by Crippen LogP contribution is -2.27. The Labute approximate surface area is 119 Å². The molecule has 0 aliphatic carbocycles. The number of hydrogen-bond acceptors (Lipinski definition) is 1. The lowest BCUT2D eigenvalue weighted by Gasteiger charge is -2.27. The van der Waals surface area contributed by atoms with Crippen LogP contribution in [0.4, 0.5) is 8.78 Å². The van der Waals surface area contributed by atoms with E-state index in [9.17, 15) is 13.9 Å². The summed E-state index contributed by atoms with van der Waals surface area (Å²) in [4.78, 5) is 0. The van der Waals surface area contributed by atoms with E-state index in [1.54, 1.807) is 24.3 Å². The predicted octanol–water partition coefficient (Wildman–Crippen LogP) is 4.29. The minimum atomic E-state index is -1.75. The van der Waals surface area contributed by atoms with E-state index < -0.39 is 17.2 Å². The molecular weight excluding hydrogens is 314 g/mol. The molecule has 0 amide bonds. The maximum absolute atomic E-state index is 14.2. The number of hydrogen-bond donors (Lipinski definition) is 1. The average Bonchev–Trinajstić information content (AvgIpc) is 2.34. The van der Waals surface area contributed by atoms with Crippen molar-refractivity contribution in [2.45, 2.75) is 19.4 Å². The Morgan fingerprint density at radius 1 is 1.11 bits per heavy atom. The van der Waals surface area contributed by atoms with E-state index in [2.05, 4.69) is 15.9 Å². The van der Waals surface area contributed by atoms with Crippen molar-refractivity contribution in [2.24, 2.45) is 0 Å². The summed E-state index contributed by atoms with van der Waals surface area (Å²) in [6.07, 6.45) is 0. The van der Waals surface area contributed by atoms with Gasteiger partial charge in [0.05, 0.1) is 5.56 Å². The molecule has 1 atom stereocenters. The van der Waals surface area contributed by atoms with Gasteiger partial charge in [0.1, 0.15) is 17.2 Å². The van der Waals surface area contributed by atoms with E-state index in [0.717, 1.165) is 0 Å². The molecule has 0 radical (unpaired) electrons. The second-order valence-electron chi connectivity index (χ2n) is 4.61. The summed E-state index contributed by atoms with van der Waals surface area (Å²) < 4.78 is 28.7. The zero-order valence-electron chi connectivity index (χ0n) is 10.5. The molecule has 0 spiro atoms. The molecule has 100 valence electrons. The highest BCUT2D eigenvalue weighted by Gasteiger charge is 2.34. The highest BCUT2D eigenvalue weighted by Crippen LogP contribution is 2.37. The van der Waals surface area contributed by atoms with Crippen molar-refractivity contribution in [2.75, 3.05) is 0 Å². The fourth-order valence-electron chi connectivity index (χ4n) is 2.09. The van der Waals surface area contributed by atoms with Crippen LogP contribution in [-0.2, 0) is 5.60 Å². The van der Waals surface area contributed by atoms with Crippen LogP contribution in [-0.4, -0.2) is 5.11 Å². The predicted molar refractivity (Wildman–Crippen MR) is 73.9 cm³/mol. The molecule has 19 heavy (non-hydrogen) atoms. The zero-order valence-corrected chi connectivity index (χ0v) is 12.1. The molecule has 0 saturated carbocycles. The summed E-state index contributed by atoms with van der Waals surface area (Å²) >= 11 is 3.29. The largest absolute Gasteiger partial charge is 0.380 e. The lowest BCUT2D eigenvalue weighted by atomic mass is 9.86. The van der Waals surface area contributed by atoms with Crippen molar-refractivity contribution in [1.29, 1.82) is 0 Å². The Morgan fingerprint density at radius 3 is 2.37 bits per heavy atom. The van der Waals surface area contributed by atoms with Crippen LogP contribution in [0.1, 0.15) is 23.6 Å². The van der Waals surface area contributed by atoms with Crippen molar-refractivity contribution in [3.63, 3.8) is 0 Å². The Hall–Kier alpha value is -1.26. The van der Waals surface area contributed by atoms with Gasteiger partial charge in [0.15, 0.2) is 0 Å². The van der Waals surface area contributed by atoms with E-state index in [-0.39, 0.29) is 5.56 Å². The molecule has 0 fully saturated rings. The number of rotatable bonds is 2. The van der Waals surface area contributed by atoms with Gasteiger partial charge >= 0.3 is 0 Å². The van der Waals surface area contributed by atoms with Crippen LogP contribution in [0, 0.1) is 18.6 Å². The molecular formula is C15H13BrF2O. The molecule has 2 aromatic carbocycles.